The Morgan fingerprint density at radius 1 is 1.30 bits per heavy atom. The van der Waals surface area contributed by atoms with Gasteiger partial charge < -0.3 is 10.6 Å². The number of nitrogens with zero attached hydrogens (tertiary/aromatic N) is 3. The Kier molecular flexibility index (Phi) is 4.50. The summed E-state index contributed by atoms with van der Waals surface area (Å²) in [6.45, 7) is 0. The van der Waals surface area contributed by atoms with Gasteiger partial charge in [0.1, 0.15) is 5.01 Å². The molecule has 6 nitrogen and oxygen atoms in total. The van der Waals surface area contributed by atoms with Gasteiger partial charge in [-0.05, 0) is 30.3 Å². The van der Waals surface area contributed by atoms with E-state index in [1.54, 1.807) is 35.7 Å². The Bertz CT molecular complexity index is 752. The number of hydrogen-bond acceptors (Lipinski definition) is 5. The number of nitrogens with one attached hydrogen (secondary N) is 1. The molecule has 0 saturated heterocycles. The summed E-state index contributed by atoms with van der Waals surface area (Å²) in [5, 5.41) is 9.58. The highest BCUT2D eigenvalue weighted by molar-refractivity contribution is 7.13. The number of nitrogens with two attached hydrogens (primary N) is 1. The van der Waals surface area contributed by atoms with E-state index in [1.165, 1.54) is 0 Å². The number of carbonyl (C=O) groups is 1. The molecule has 0 aliphatic carbocycles. The Morgan fingerprint density at radius 2 is 2.09 bits per heavy atom. The predicted molar refractivity (Wildman–Crippen MR) is 91.2 cm³/mol. The fourth-order valence-electron chi connectivity index (χ4n) is 2.29. The van der Waals surface area contributed by atoms with Crippen LogP contribution in [0.3, 0.4) is 0 Å². The van der Waals surface area contributed by atoms with Crippen LogP contribution in [0.15, 0.2) is 48.1 Å². The molecule has 1 atom stereocenters. The molecule has 3 rings (SSSR count). The molecule has 0 bridgehead atoms. The van der Waals surface area contributed by atoms with E-state index in [1.807, 2.05) is 35.7 Å². The van der Waals surface area contributed by atoms with Gasteiger partial charge in [0.05, 0.1) is 6.04 Å². The molecule has 0 aliphatic heterocycles. The van der Waals surface area contributed by atoms with Crippen LogP contribution in [0.5, 0.6) is 0 Å². The van der Waals surface area contributed by atoms with Crippen LogP contribution in [0.2, 0.25) is 0 Å². The van der Waals surface area contributed by atoms with E-state index in [-0.39, 0.29) is 5.91 Å². The van der Waals surface area contributed by atoms with Crippen molar-refractivity contribution in [2.75, 3.05) is 11.9 Å². The minimum absolute atomic E-state index is 0.137. The second-order valence-electron chi connectivity index (χ2n) is 5.17. The minimum Gasteiger partial charge on any atom is -0.320 e. The lowest BCUT2D eigenvalue weighted by atomic mass is 10.1. The fraction of sp³-hybridized carbons (Fsp3) is 0.188. The predicted octanol–water partition coefficient (Wildman–Crippen LogP) is 2.07. The van der Waals surface area contributed by atoms with E-state index in [2.05, 4.69) is 15.2 Å². The second-order valence-corrected chi connectivity index (χ2v) is 6.07. The molecule has 1 unspecified atom stereocenters. The van der Waals surface area contributed by atoms with Gasteiger partial charge in [-0.25, -0.2) is 4.98 Å². The van der Waals surface area contributed by atoms with Crippen LogP contribution in [0.25, 0.3) is 10.6 Å². The lowest BCUT2D eigenvalue weighted by Crippen LogP contribution is -2.43. The fourth-order valence-corrected chi connectivity index (χ4v) is 2.94. The van der Waals surface area contributed by atoms with Gasteiger partial charge >= 0.3 is 0 Å². The molecule has 23 heavy (non-hydrogen) atoms. The van der Waals surface area contributed by atoms with Crippen molar-refractivity contribution in [3.05, 3.63) is 53.8 Å². The third kappa shape index (κ3) is 3.46. The first-order valence-electron chi connectivity index (χ1n) is 7.16. The Labute approximate surface area is 138 Å². The van der Waals surface area contributed by atoms with Gasteiger partial charge in [-0.2, -0.15) is 5.10 Å². The van der Waals surface area contributed by atoms with Gasteiger partial charge in [-0.1, -0.05) is 0 Å². The number of benzene rings is 1. The summed E-state index contributed by atoms with van der Waals surface area (Å²) in [5.41, 5.74) is 8.69. The van der Waals surface area contributed by atoms with E-state index in [0.717, 1.165) is 22.0 Å². The van der Waals surface area contributed by atoms with E-state index in [0.29, 0.717) is 6.42 Å². The number of H-pyrrole nitrogens is 1. The van der Waals surface area contributed by atoms with Crippen molar-refractivity contribution >= 4 is 22.9 Å². The lowest BCUT2D eigenvalue weighted by molar-refractivity contribution is -0.119. The molecule has 3 N–H and O–H groups in total. The van der Waals surface area contributed by atoms with Crippen molar-refractivity contribution in [3.63, 3.8) is 0 Å². The zero-order chi connectivity index (χ0) is 16.2. The number of thiazole rings is 1. The number of aromatic amines is 1. The molecule has 0 fully saturated rings. The van der Waals surface area contributed by atoms with Gasteiger partial charge in [0.25, 0.3) is 0 Å². The lowest BCUT2D eigenvalue weighted by Gasteiger charge is -2.21. The van der Waals surface area contributed by atoms with E-state index >= 15 is 0 Å². The quantitative estimate of drug-likeness (QED) is 0.751. The van der Waals surface area contributed by atoms with Crippen molar-refractivity contribution in [1.82, 2.24) is 15.2 Å². The van der Waals surface area contributed by atoms with Crippen molar-refractivity contribution in [1.29, 1.82) is 0 Å². The van der Waals surface area contributed by atoms with E-state index < -0.39 is 6.04 Å². The number of rotatable bonds is 5. The van der Waals surface area contributed by atoms with Crippen molar-refractivity contribution in [2.24, 2.45) is 5.73 Å². The molecule has 0 saturated carbocycles. The Hall–Kier alpha value is -2.51. The molecular weight excluding hydrogens is 310 g/mol. The van der Waals surface area contributed by atoms with Crippen molar-refractivity contribution in [3.8, 4) is 10.6 Å². The van der Waals surface area contributed by atoms with Gasteiger partial charge in [0.2, 0.25) is 5.91 Å². The maximum atomic E-state index is 12.4. The van der Waals surface area contributed by atoms with Gasteiger partial charge in [-0.15, -0.1) is 11.3 Å². The van der Waals surface area contributed by atoms with Crippen LogP contribution >= 0.6 is 11.3 Å². The van der Waals surface area contributed by atoms with Crippen LogP contribution in [-0.2, 0) is 11.2 Å². The maximum Gasteiger partial charge on any atom is 0.244 e. The monoisotopic (exact) mass is 327 g/mol. The topological polar surface area (TPSA) is 87.9 Å². The summed E-state index contributed by atoms with van der Waals surface area (Å²) in [6, 6.07) is 8.92. The number of carbonyl (C=O) groups excluding carboxylic acids is 1. The second kappa shape index (κ2) is 6.72. The average molecular weight is 327 g/mol. The van der Waals surface area contributed by atoms with Crippen LogP contribution < -0.4 is 10.6 Å². The highest BCUT2D eigenvalue weighted by Crippen LogP contribution is 2.24. The van der Waals surface area contributed by atoms with E-state index in [9.17, 15) is 4.79 Å². The Balaban J connectivity index is 1.69. The van der Waals surface area contributed by atoms with Gasteiger partial charge in [0.15, 0.2) is 0 Å². The molecular formula is C16H17N5OS. The molecule has 1 amide bonds. The van der Waals surface area contributed by atoms with Crippen LogP contribution in [0, 0.1) is 0 Å². The van der Waals surface area contributed by atoms with Crippen LogP contribution in [0.4, 0.5) is 5.69 Å². The van der Waals surface area contributed by atoms with Gasteiger partial charge in [0, 0.05) is 48.2 Å². The molecule has 0 spiro atoms. The number of hydrogen-bond donors (Lipinski definition) is 2. The summed E-state index contributed by atoms with van der Waals surface area (Å²) in [7, 11) is 1.73. The summed E-state index contributed by atoms with van der Waals surface area (Å²) in [6.07, 6.45) is 3.85. The average Bonchev–Trinajstić information content (AvgIpc) is 3.27. The summed E-state index contributed by atoms with van der Waals surface area (Å²) < 4.78 is 0. The third-order valence-electron chi connectivity index (χ3n) is 3.58. The largest absolute Gasteiger partial charge is 0.320 e. The van der Waals surface area contributed by atoms with E-state index in [4.69, 9.17) is 5.73 Å². The molecule has 7 heteroatoms. The van der Waals surface area contributed by atoms with Crippen molar-refractivity contribution < 1.29 is 4.79 Å². The Morgan fingerprint density at radius 3 is 2.70 bits per heavy atom. The zero-order valence-corrected chi connectivity index (χ0v) is 13.5. The molecule has 2 heterocycles. The highest BCUT2D eigenvalue weighted by atomic mass is 32.1. The summed E-state index contributed by atoms with van der Waals surface area (Å²) in [5.74, 6) is -0.137. The van der Waals surface area contributed by atoms with Crippen LogP contribution in [0.1, 0.15) is 5.69 Å². The minimum atomic E-state index is -0.612. The molecule has 118 valence electrons. The summed E-state index contributed by atoms with van der Waals surface area (Å²) >= 11 is 1.58. The molecule has 0 radical (unpaired) electrons. The first-order chi connectivity index (χ1) is 11.1. The summed E-state index contributed by atoms with van der Waals surface area (Å²) in [4.78, 5) is 18.3. The number of likely N-dealkylation sites (N-methyl/N-ethyl adjacent to an activating group) is 1. The van der Waals surface area contributed by atoms with Crippen LogP contribution in [-0.4, -0.2) is 34.2 Å². The molecule has 0 aliphatic rings. The smallest absolute Gasteiger partial charge is 0.244 e. The number of aromatic nitrogens is 3. The normalized spacial score (nSPS) is 12.1. The first-order valence-corrected chi connectivity index (χ1v) is 8.04. The first kappa shape index (κ1) is 15.4. The number of anilines is 1. The zero-order valence-electron chi connectivity index (χ0n) is 12.6. The van der Waals surface area contributed by atoms with Crippen molar-refractivity contribution in [2.45, 2.75) is 12.5 Å². The third-order valence-corrected chi connectivity index (χ3v) is 4.40. The standard InChI is InChI=1S/C16H17N5OS/c1-21(16(22)14(17)10-12-6-7-19-20-12)13-4-2-11(3-5-13)15-18-8-9-23-15/h2-9,14H,10,17H2,1H3,(H,19,20). The van der Waals surface area contributed by atoms with Gasteiger partial charge in [-0.3, -0.25) is 9.89 Å². The molecule has 3 aromatic rings. The SMILES string of the molecule is CN(C(=O)C(N)Cc1ccn[nH]1)c1ccc(-c2nccs2)cc1. The number of amides is 1. The highest BCUT2D eigenvalue weighted by Gasteiger charge is 2.20. The molecule has 1 aromatic carbocycles. The molecule has 2 aromatic heterocycles. The maximum absolute atomic E-state index is 12.4.